The summed E-state index contributed by atoms with van der Waals surface area (Å²) < 4.78 is 74.0. The molecule has 2 saturated carbocycles. The first kappa shape index (κ1) is 29.7. The molecule has 0 aromatic heterocycles. The number of nitrogens with zero attached hydrogens (tertiary/aromatic N) is 1. The number of quaternary nitrogens is 1. The molecule has 3 aliphatic carbocycles. The Hall–Kier alpha value is -2.34. The van der Waals surface area contributed by atoms with Crippen LogP contribution in [-0.4, -0.2) is 72.6 Å². The number of phenolic OH excluding ortho intramolecular Hbond substituents is 1. The predicted molar refractivity (Wildman–Crippen MR) is 148 cm³/mol. The number of hydrogen-bond donors (Lipinski definition) is 1. The molecule has 7 rings (SSSR count). The largest absolute Gasteiger partial charge is 0.741 e. The standard InChI is InChI=1S/C30H37NO3.CHF3O3S/c1-31(20-22-11-12-22)17-16-29-26-10-5-15-30(29,33-18-6-9-21-7-3-2-4-8-21)25(31)19-23-13-14-24(32)28(34-26)27(23)29;2-1(3,4)8(5,6)7/h2-4,7-8,13-14,22,25-26H,5-6,9-12,15-20H2,1H3;(H,5,6,7)/t25-,26+,29-,30?,31?;/m1./s1. The molecule has 7 nitrogen and oxygen atoms in total. The van der Waals surface area contributed by atoms with Gasteiger partial charge in [-0.05, 0) is 62.1 Å². The number of halogens is 3. The van der Waals surface area contributed by atoms with Gasteiger partial charge in [0.15, 0.2) is 21.6 Å². The van der Waals surface area contributed by atoms with Crippen molar-refractivity contribution in [2.45, 2.75) is 86.5 Å². The minimum atomic E-state index is -6.09. The third-order valence-electron chi connectivity index (χ3n) is 10.4. The molecule has 2 unspecified atom stereocenters. The van der Waals surface area contributed by atoms with Crippen molar-refractivity contribution in [3.63, 3.8) is 0 Å². The summed E-state index contributed by atoms with van der Waals surface area (Å²) in [7, 11) is -3.57. The lowest BCUT2D eigenvalue weighted by molar-refractivity contribution is -0.951. The van der Waals surface area contributed by atoms with E-state index in [4.69, 9.17) is 22.4 Å². The van der Waals surface area contributed by atoms with Crippen LogP contribution in [0, 0.1) is 5.92 Å². The second-order valence-electron chi connectivity index (χ2n) is 12.9. The lowest BCUT2D eigenvalue weighted by Gasteiger charge is -2.66. The summed E-state index contributed by atoms with van der Waals surface area (Å²) in [5.41, 5.74) is -1.83. The average molecular weight is 610 g/mol. The molecule has 2 aliphatic heterocycles. The Kier molecular flexibility index (Phi) is 7.35. The van der Waals surface area contributed by atoms with Gasteiger partial charge in [-0.1, -0.05) is 36.4 Å². The second-order valence-corrected chi connectivity index (χ2v) is 14.3. The quantitative estimate of drug-likeness (QED) is 0.201. The van der Waals surface area contributed by atoms with Gasteiger partial charge in [0, 0.05) is 30.9 Å². The van der Waals surface area contributed by atoms with Crippen molar-refractivity contribution in [3.05, 3.63) is 59.2 Å². The van der Waals surface area contributed by atoms with Crippen molar-refractivity contribution in [2.75, 3.05) is 26.7 Å². The average Bonchev–Trinajstić information content (AvgIpc) is 3.67. The van der Waals surface area contributed by atoms with Gasteiger partial charge < -0.3 is 23.6 Å². The lowest BCUT2D eigenvalue weighted by atomic mass is 9.48. The van der Waals surface area contributed by atoms with Gasteiger partial charge in [0.1, 0.15) is 17.7 Å². The van der Waals surface area contributed by atoms with Crippen LogP contribution in [0.2, 0.25) is 0 Å². The first-order valence-corrected chi connectivity index (χ1v) is 16.3. The molecule has 5 aliphatic rings. The Bertz CT molecular complexity index is 1430. The van der Waals surface area contributed by atoms with Gasteiger partial charge in [-0.25, -0.2) is 8.42 Å². The molecule has 0 radical (unpaired) electrons. The number of likely N-dealkylation sites (tertiary alicyclic amines) is 1. The molecular weight excluding hydrogens is 571 g/mol. The topological polar surface area (TPSA) is 95.9 Å². The van der Waals surface area contributed by atoms with Gasteiger partial charge in [-0.2, -0.15) is 13.2 Å². The van der Waals surface area contributed by atoms with Crippen LogP contribution in [0.4, 0.5) is 13.2 Å². The lowest BCUT2D eigenvalue weighted by Crippen LogP contribution is -2.80. The highest BCUT2D eigenvalue weighted by Gasteiger charge is 2.75. The van der Waals surface area contributed by atoms with E-state index in [0.717, 1.165) is 67.7 Å². The first-order chi connectivity index (χ1) is 19.8. The monoisotopic (exact) mass is 609 g/mol. The van der Waals surface area contributed by atoms with Crippen molar-refractivity contribution in [1.82, 2.24) is 0 Å². The normalized spacial score (nSPS) is 32.8. The van der Waals surface area contributed by atoms with Gasteiger partial charge >= 0.3 is 5.51 Å². The smallest absolute Gasteiger partial charge is 0.485 e. The molecule has 0 amide bonds. The summed E-state index contributed by atoms with van der Waals surface area (Å²) in [5.74, 6) is 1.99. The zero-order valence-electron chi connectivity index (χ0n) is 23.7. The minimum absolute atomic E-state index is 0.106. The van der Waals surface area contributed by atoms with Crippen molar-refractivity contribution < 1.29 is 45.2 Å². The summed E-state index contributed by atoms with van der Waals surface area (Å²) >= 11 is 0. The van der Waals surface area contributed by atoms with E-state index in [1.807, 2.05) is 6.07 Å². The molecule has 1 spiro atoms. The molecule has 2 aromatic rings. The molecule has 5 atom stereocenters. The molecule has 230 valence electrons. The fourth-order valence-electron chi connectivity index (χ4n) is 8.58. The third kappa shape index (κ3) is 4.80. The number of phenols is 1. The van der Waals surface area contributed by atoms with Crippen LogP contribution in [0.3, 0.4) is 0 Å². The van der Waals surface area contributed by atoms with E-state index in [-0.39, 0.29) is 17.1 Å². The zero-order valence-corrected chi connectivity index (χ0v) is 24.6. The van der Waals surface area contributed by atoms with E-state index in [9.17, 15) is 18.3 Å². The van der Waals surface area contributed by atoms with E-state index in [1.165, 1.54) is 42.6 Å². The fraction of sp³-hybridized carbons (Fsp3) is 0.613. The Morgan fingerprint density at radius 3 is 2.50 bits per heavy atom. The Balaban J connectivity index is 0.000000350. The number of hydrogen-bond acceptors (Lipinski definition) is 6. The van der Waals surface area contributed by atoms with E-state index in [1.54, 1.807) is 0 Å². The highest BCUT2D eigenvalue weighted by Crippen LogP contribution is 2.67. The van der Waals surface area contributed by atoms with Crippen LogP contribution < -0.4 is 4.74 Å². The summed E-state index contributed by atoms with van der Waals surface area (Å²) in [6.07, 6.45) is 10.5. The number of piperidine rings is 1. The first-order valence-electron chi connectivity index (χ1n) is 14.9. The number of rotatable bonds is 7. The van der Waals surface area contributed by atoms with E-state index in [0.29, 0.717) is 11.8 Å². The highest BCUT2D eigenvalue weighted by atomic mass is 32.2. The number of likely N-dealkylation sites (N-methyl/N-ethyl adjacent to an activating group) is 1. The van der Waals surface area contributed by atoms with Gasteiger partial charge in [0.05, 0.1) is 25.6 Å². The molecule has 1 saturated heterocycles. The molecule has 1 N–H and O–H groups in total. The maximum absolute atomic E-state index is 10.8. The predicted octanol–water partition coefficient (Wildman–Crippen LogP) is 5.20. The molecule has 2 bridgehead atoms. The van der Waals surface area contributed by atoms with E-state index < -0.39 is 15.6 Å². The number of aryl methyl sites for hydroxylation is 1. The fourth-order valence-corrected chi connectivity index (χ4v) is 8.58. The summed E-state index contributed by atoms with van der Waals surface area (Å²) in [6.45, 7) is 3.29. The van der Waals surface area contributed by atoms with Crippen molar-refractivity contribution in [3.8, 4) is 11.5 Å². The van der Waals surface area contributed by atoms with Gasteiger partial charge in [-0.15, -0.1) is 0 Å². The highest BCUT2D eigenvalue weighted by molar-refractivity contribution is 7.86. The zero-order chi connectivity index (χ0) is 30.0. The molecule has 2 aromatic carbocycles. The number of alkyl halides is 3. The van der Waals surface area contributed by atoms with Crippen LogP contribution in [0.1, 0.15) is 61.6 Å². The third-order valence-corrected chi connectivity index (χ3v) is 11.0. The van der Waals surface area contributed by atoms with Gasteiger partial charge in [0.2, 0.25) is 0 Å². The van der Waals surface area contributed by atoms with Crippen LogP contribution in [-0.2, 0) is 33.1 Å². The van der Waals surface area contributed by atoms with Gasteiger partial charge in [-0.3, -0.25) is 0 Å². The Labute approximate surface area is 245 Å². The van der Waals surface area contributed by atoms with Crippen molar-refractivity contribution in [1.29, 1.82) is 0 Å². The molecule has 3 fully saturated rings. The van der Waals surface area contributed by atoms with Crippen LogP contribution in [0.15, 0.2) is 42.5 Å². The number of benzene rings is 2. The maximum atomic E-state index is 10.8. The maximum Gasteiger partial charge on any atom is 0.485 e. The summed E-state index contributed by atoms with van der Waals surface area (Å²) in [6, 6.07) is 15.3. The van der Waals surface area contributed by atoms with Gasteiger partial charge in [0.25, 0.3) is 0 Å². The van der Waals surface area contributed by atoms with E-state index in [2.05, 4.69) is 43.4 Å². The molecule has 2 heterocycles. The summed E-state index contributed by atoms with van der Waals surface area (Å²) in [5, 5.41) is 10.8. The van der Waals surface area contributed by atoms with Crippen molar-refractivity contribution >= 4 is 10.1 Å². The Morgan fingerprint density at radius 2 is 1.83 bits per heavy atom. The molecular formula is C31H38F3NO6S. The number of aromatic hydroxyl groups is 1. The van der Waals surface area contributed by atoms with Crippen molar-refractivity contribution in [2.24, 2.45) is 5.92 Å². The molecule has 11 heteroatoms. The molecule has 42 heavy (non-hydrogen) atoms. The van der Waals surface area contributed by atoms with Crippen LogP contribution >= 0.6 is 0 Å². The minimum Gasteiger partial charge on any atom is -0.741 e. The Morgan fingerprint density at radius 1 is 1.12 bits per heavy atom. The second kappa shape index (κ2) is 10.4. The SMILES string of the molecule is C[N+]1(CC2CC2)CC[C@]23c4c5ccc(O)c4O[C@H]2CCCC3(OCCCc2ccccc2)[C@H]1C5.O=S(=O)([O-])C(F)(F)F. The van der Waals surface area contributed by atoms with Crippen LogP contribution in [0.5, 0.6) is 11.5 Å². The van der Waals surface area contributed by atoms with Crippen LogP contribution in [0.25, 0.3) is 0 Å². The summed E-state index contributed by atoms with van der Waals surface area (Å²) in [4.78, 5) is 0. The van der Waals surface area contributed by atoms with E-state index >= 15 is 0 Å². The number of ether oxygens (including phenoxy) is 2.